The molecule has 106 valence electrons. The van der Waals surface area contributed by atoms with E-state index >= 15 is 0 Å². The maximum Gasteiger partial charge on any atom is 0.237 e. The van der Waals surface area contributed by atoms with E-state index in [1.165, 1.54) is 25.8 Å². The fraction of sp³-hybridized carbons (Fsp3) is 0.929. The van der Waals surface area contributed by atoms with Gasteiger partial charge in [0.25, 0.3) is 0 Å². The lowest BCUT2D eigenvalue weighted by Crippen LogP contribution is -2.49. The fourth-order valence-corrected chi connectivity index (χ4v) is 2.11. The molecule has 0 aromatic carbocycles. The summed E-state index contributed by atoms with van der Waals surface area (Å²) in [6.45, 7) is 8.45. The zero-order valence-corrected chi connectivity index (χ0v) is 12.1. The molecule has 1 aliphatic carbocycles. The van der Waals surface area contributed by atoms with Crippen LogP contribution in [0.25, 0.3) is 0 Å². The Balaban J connectivity index is 2.27. The van der Waals surface area contributed by atoms with E-state index in [1.807, 2.05) is 0 Å². The number of hydrogen-bond acceptors (Lipinski definition) is 3. The summed E-state index contributed by atoms with van der Waals surface area (Å²) in [5.74, 6) is 0.347. The van der Waals surface area contributed by atoms with E-state index in [4.69, 9.17) is 11.5 Å². The summed E-state index contributed by atoms with van der Waals surface area (Å²) in [7, 11) is 0. The summed E-state index contributed by atoms with van der Waals surface area (Å²) < 4.78 is 0. The van der Waals surface area contributed by atoms with Crippen molar-refractivity contribution in [2.24, 2.45) is 17.4 Å². The number of primary amides is 1. The lowest BCUT2D eigenvalue weighted by molar-refractivity contribution is -0.122. The van der Waals surface area contributed by atoms with Gasteiger partial charge in [-0.25, -0.2) is 0 Å². The van der Waals surface area contributed by atoms with Crippen LogP contribution >= 0.6 is 0 Å². The SMILES string of the molecule is CC(C)CCN(CCCC(C)(N)C(N)=O)C1CC1. The number of amides is 1. The van der Waals surface area contributed by atoms with Gasteiger partial charge in [-0.2, -0.15) is 0 Å². The zero-order chi connectivity index (χ0) is 13.8. The summed E-state index contributed by atoms with van der Waals surface area (Å²) in [4.78, 5) is 13.7. The molecule has 1 atom stereocenters. The monoisotopic (exact) mass is 255 g/mol. The highest BCUT2D eigenvalue weighted by molar-refractivity contribution is 5.83. The highest BCUT2D eigenvalue weighted by atomic mass is 16.1. The van der Waals surface area contributed by atoms with E-state index in [0.29, 0.717) is 6.42 Å². The van der Waals surface area contributed by atoms with Gasteiger partial charge in [0.05, 0.1) is 5.54 Å². The van der Waals surface area contributed by atoms with E-state index in [-0.39, 0.29) is 0 Å². The summed E-state index contributed by atoms with van der Waals surface area (Å²) in [6, 6.07) is 0.779. The number of carbonyl (C=O) groups is 1. The van der Waals surface area contributed by atoms with Crippen molar-refractivity contribution in [1.82, 2.24) is 4.90 Å². The minimum Gasteiger partial charge on any atom is -0.368 e. The van der Waals surface area contributed by atoms with Gasteiger partial charge >= 0.3 is 0 Å². The minimum atomic E-state index is -0.854. The van der Waals surface area contributed by atoms with Gasteiger partial charge in [0.15, 0.2) is 0 Å². The molecule has 0 aliphatic heterocycles. The predicted molar refractivity (Wildman–Crippen MR) is 75.1 cm³/mol. The molecule has 1 rings (SSSR count). The van der Waals surface area contributed by atoms with Crippen molar-refractivity contribution in [2.75, 3.05) is 13.1 Å². The average Bonchev–Trinajstić information content (AvgIpc) is 3.06. The summed E-state index contributed by atoms with van der Waals surface area (Å²) in [6.07, 6.45) is 5.52. The number of carbonyl (C=O) groups excluding carboxylic acids is 1. The smallest absolute Gasteiger partial charge is 0.237 e. The molecule has 0 spiro atoms. The normalized spacial score (nSPS) is 19.2. The highest BCUT2D eigenvalue weighted by Crippen LogP contribution is 2.28. The molecule has 4 nitrogen and oxygen atoms in total. The Morgan fingerprint density at radius 2 is 2.00 bits per heavy atom. The summed E-state index contributed by atoms with van der Waals surface area (Å²) in [5.41, 5.74) is 10.3. The van der Waals surface area contributed by atoms with E-state index in [9.17, 15) is 4.79 Å². The van der Waals surface area contributed by atoms with E-state index in [2.05, 4.69) is 18.7 Å². The molecule has 1 unspecified atom stereocenters. The van der Waals surface area contributed by atoms with Crippen LogP contribution < -0.4 is 11.5 Å². The van der Waals surface area contributed by atoms with Crippen molar-refractivity contribution >= 4 is 5.91 Å². The number of nitrogens with zero attached hydrogens (tertiary/aromatic N) is 1. The largest absolute Gasteiger partial charge is 0.368 e. The molecule has 4 N–H and O–H groups in total. The molecule has 0 aromatic rings. The molecule has 1 amide bonds. The van der Waals surface area contributed by atoms with Crippen LogP contribution in [-0.2, 0) is 4.79 Å². The molecule has 1 aliphatic rings. The van der Waals surface area contributed by atoms with Crippen LogP contribution in [0.3, 0.4) is 0 Å². The van der Waals surface area contributed by atoms with Crippen LogP contribution in [0.2, 0.25) is 0 Å². The van der Waals surface area contributed by atoms with Crippen LogP contribution in [0.5, 0.6) is 0 Å². The quantitative estimate of drug-likeness (QED) is 0.655. The molecule has 0 aromatic heterocycles. The molecule has 18 heavy (non-hydrogen) atoms. The third-order valence-electron chi connectivity index (χ3n) is 3.76. The molecular weight excluding hydrogens is 226 g/mol. The van der Waals surface area contributed by atoms with E-state index < -0.39 is 11.4 Å². The van der Waals surface area contributed by atoms with E-state index in [1.54, 1.807) is 6.92 Å². The highest BCUT2D eigenvalue weighted by Gasteiger charge is 2.30. The Morgan fingerprint density at radius 1 is 1.39 bits per heavy atom. The van der Waals surface area contributed by atoms with E-state index in [0.717, 1.165) is 24.9 Å². The topological polar surface area (TPSA) is 72.3 Å². The number of nitrogens with two attached hydrogens (primary N) is 2. The van der Waals surface area contributed by atoms with Gasteiger partial charge in [-0.15, -0.1) is 0 Å². The summed E-state index contributed by atoms with van der Waals surface area (Å²) >= 11 is 0. The first-order valence-electron chi connectivity index (χ1n) is 7.16. The van der Waals surface area contributed by atoms with Crippen molar-refractivity contribution < 1.29 is 4.79 Å². The molecule has 0 saturated heterocycles. The Morgan fingerprint density at radius 3 is 2.44 bits per heavy atom. The van der Waals surface area contributed by atoms with Crippen molar-refractivity contribution in [3.05, 3.63) is 0 Å². The van der Waals surface area contributed by atoms with Crippen LogP contribution in [0.15, 0.2) is 0 Å². The molecule has 0 radical (unpaired) electrons. The first kappa shape index (κ1) is 15.4. The third-order valence-corrected chi connectivity index (χ3v) is 3.76. The average molecular weight is 255 g/mol. The lowest BCUT2D eigenvalue weighted by Gasteiger charge is -2.25. The van der Waals surface area contributed by atoms with Gasteiger partial charge < -0.3 is 16.4 Å². The zero-order valence-electron chi connectivity index (χ0n) is 12.1. The Labute approximate surface area is 111 Å². The summed E-state index contributed by atoms with van der Waals surface area (Å²) in [5, 5.41) is 0. The second-order valence-corrected chi connectivity index (χ2v) is 6.33. The number of hydrogen-bond donors (Lipinski definition) is 2. The number of rotatable bonds is 9. The Hall–Kier alpha value is -0.610. The fourth-order valence-electron chi connectivity index (χ4n) is 2.11. The van der Waals surface area contributed by atoms with Gasteiger partial charge in [-0.3, -0.25) is 4.79 Å². The van der Waals surface area contributed by atoms with Gasteiger partial charge in [-0.05, 0) is 58.0 Å². The first-order valence-corrected chi connectivity index (χ1v) is 7.16. The second-order valence-electron chi connectivity index (χ2n) is 6.33. The molecule has 0 bridgehead atoms. The first-order chi connectivity index (χ1) is 8.33. The van der Waals surface area contributed by atoms with Crippen molar-refractivity contribution in [3.63, 3.8) is 0 Å². The van der Waals surface area contributed by atoms with Crippen LogP contribution in [-0.4, -0.2) is 35.5 Å². The minimum absolute atomic E-state index is 0.400. The van der Waals surface area contributed by atoms with Crippen LogP contribution in [0, 0.1) is 5.92 Å². The van der Waals surface area contributed by atoms with Crippen LogP contribution in [0.4, 0.5) is 0 Å². The predicted octanol–water partition coefficient (Wildman–Crippen LogP) is 1.48. The lowest BCUT2D eigenvalue weighted by atomic mass is 9.96. The van der Waals surface area contributed by atoms with Gasteiger partial charge in [-0.1, -0.05) is 13.8 Å². The molecule has 0 heterocycles. The Kier molecular flexibility index (Phi) is 5.60. The maximum absolute atomic E-state index is 11.1. The van der Waals surface area contributed by atoms with Gasteiger partial charge in [0.1, 0.15) is 0 Å². The second kappa shape index (κ2) is 6.53. The van der Waals surface area contributed by atoms with Crippen LogP contribution in [0.1, 0.15) is 52.9 Å². The van der Waals surface area contributed by atoms with Gasteiger partial charge in [0.2, 0.25) is 5.91 Å². The van der Waals surface area contributed by atoms with Crippen molar-refractivity contribution in [1.29, 1.82) is 0 Å². The third kappa shape index (κ3) is 5.36. The van der Waals surface area contributed by atoms with Gasteiger partial charge in [0, 0.05) is 6.04 Å². The standard InChI is InChI=1S/C14H29N3O/c1-11(2)7-10-17(12-5-6-12)9-4-8-14(3,16)13(15)18/h11-12H,4-10,16H2,1-3H3,(H2,15,18). The van der Waals surface area contributed by atoms with Crippen molar-refractivity contribution in [2.45, 2.75) is 64.5 Å². The van der Waals surface area contributed by atoms with Crippen molar-refractivity contribution in [3.8, 4) is 0 Å². The molecule has 1 saturated carbocycles. The molecular formula is C14H29N3O. The molecule has 1 fully saturated rings. The molecule has 4 heteroatoms. The maximum atomic E-state index is 11.1. The Bertz CT molecular complexity index is 272.